The molecular formula is C22H16Cl2N4O3. The molecule has 156 valence electrons. The Labute approximate surface area is 187 Å². The first-order valence-corrected chi connectivity index (χ1v) is 10.0. The van der Waals surface area contributed by atoms with Crippen molar-refractivity contribution in [2.45, 2.75) is 13.0 Å². The summed E-state index contributed by atoms with van der Waals surface area (Å²) in [7, 11) is 0. The van der Waals surface area contributed by atoms with Crippen LogP contribution in [-0.4, -0.2) is 32.9 Å². The Morgan fingerprint density at radius 2 is 1.87 bits per heavy atom. The van der Waals surface area contributed by atoms with Crippen molar-refractivity contribution in [3.05, 3.63) is 76.5 Å². The molecule has 2 aromatic heterocycles. The Morgan fingerprint density at radius 1 is 1.10 bits per heavy atom. The first-order chi connectivity index (χ1) is 14.9. The maximum Gasteiger partial charge on any atom is 0.338 e. The smallest absolute Gasteiger partial charge is 0.338 e. The van der Waals surface area contributed by atoms with Gasteiger partial charge in [-0.15, -0.1) is 0 Å². The fourth-order valence-electron chi connectivity index (χ4n) is 2.93. The first kappa shape index (κ1) is 20.8. The van der Waals surface area contributed by atoms with Crippen LogP contribution in [0.3, 0.4) is 0 Å². The zero-order valence-electron chi connectivity index (χ0n) is 16.2. The maximum atomic E-state index is 12.6. The van der Waals surface area contributed by atoms with E-state index in [0.717, 1.165) is 5.56 Å². The Bertz CT molecular complexity index is 1250. The zero-order valence-corrected chi connectivity index (χ0v) is 17.7. The highest BCUT2D eigenvalue weighted by Gasteiger charge is 2.20. The van der Waals surface area contributed by atoms with E-state index in [-0.39, 0.29) is 0 Å². The normalized spacial score (nSPS) is 11.8. The summed E-state index contributed by atoms with van der Waals surface area (Å²) < 4.78 is 5.31. The summed E-state index contributed by atoms with van der Waals surface area (Å²) in [4.78, 5) is 36.7. The number of aromatic amines is 1. The highest BCUT2D eigenvalue weighted by Crippen LogP contribution is 2.23. The van der Waals surface area contributed by atoms with E-state index in [1.54, 1.807) is 48.8 Å². The van der Waals surface area contributed by atoms with E-state index in [1.165, 1.54) is 6.92 Å². The van der Waals surface area contributed by atoms with Crippen LogP contribution in [0, 0.1) is 0 Å². The molecule has 4 rings (SSSR count). The number of carbonyl (C=O) groups is 2. The van der Waals surface area contributed by atoms with Crippen LogP contribution in [0.5, 0.6) is 0 Å². The third-order valence-electron chi connectivity index (χ3n) is 4.44. The fourth-order valence-corrected chi connectivity index (χ4v) is 3.45. The summed E-state index contributed by atoms with van der Waals surface area (Å²) >= 11 is 11.9. The number of esters is 1. The van der Waals surface area contributed by atoms with Gasteiger partial charge in [-0.25, -0.2) is 9.78 Å². The fraction of sp³-hybridized carbons (Fsp3) is 0.0909. The van der Waals surface area contributed by atoms with Crippen molar-refractivity contribution in [2.24, 2.45) is 0 Å². The first-order valence-electron chi connectivity index (χ1n) is 9.27. The van der Waals surface area contributed by atoms with Crippen LogP contribution in [0.2, 0.25) is 10.0 Å². The molecule has 31 heavy (non-hydrogen) atoms. The number of benzene rings is 2. The Balaban J connectivity index is 1.46. The second-order valence-corrected chi connectivity index (χ2v) is 7.63. The molecule has 0 aliphatic heterocycles. The molecule has 0 spiro atoms. The van der Waals surface area contributed by atoms with Crippen molar-refractivity contribution < 1.29 is 14.3 Å². The summed E-state index contributed by atoms with van der Waals surface area (Å²) in [6.45, 7) is 1.48. The van der Waals surface area contributed by atoms with Crippen molar-refractivity contribution in [3.8, 4) is 11.4 Å². The van der Waals surface area contributed by atoms with Crippen molar-refractivity contribution in [2.75, 3.05) is 5.32 Å². The van der Waals surface area contributed by atoms with Gasteiger partial charge in [0.1, 0.15) is 5.82 Å². The lowest BCUT2D eigenvalue weighted by Crippen LogP contribution is -2.30. The van der Waals surface area contributed by atoms with Gasteiger partial charge in [-0.2, -0.15) is 0 Å². The molecule has 0 aliphatic rings. The number of hydrogen-bond acceptors (Lipinski definition) is 5. The minimum absolute atomic E-state index is 0.291. The summed E-state index contributed by atoms with van der Waals surface area (Å²) in [6, 6.07) is 13.3. The number of halogens is 2. The lowest BCUT2D eigenvalue weighted by Gasteiger charge is -2.14. The number of anilines is 1. The van der Waals surface area contributed by atoms with Crippen LogP contribution in [0.25, 0.3) is 22.4 Å². The molecular weight excluding hydrogens is 439 g/mol. The molecule has 1 amide bonds. The number of imidazole rings is 1. The molecule has 2 N–H and O–H groups in total. The van der Waals surface area contributed by atoms with E-state index in [9.17, 15) is 9.59 Å². The van der Waals surface area contributed by atoms with Crippen LogP contribution >= 0.6 is 23.2 Å². The number of amides is 1. The largest absolute Gasteiger partial charge is 0.449 e. The third-order valence-corrected chi connectivity index (χ3v) is 4.87. The molecule has 4 aromatic rings. The topological polar surface area (TPSA) is 97.0 Å². The predicted octanol–water partition coefficient (Wildman–Crippen LogP) is 5.12. The van der Waals surface area contributed by atoms with Gasteiger partial charge in [-0.3, -0.25) is 9.78 Å². The summed E-state index contributed by atoms with van der Waals surface area (Å²) in [5.41, 5.74) is 2.89. The lowest BCUT2D eigenvalue weighted by atomic mass is 10.2. The molecule has 0 aliphatic carbocycles. The quantitative estimate of drug-likeness (QED) is 0.408. The van der Waals surface area contributed by atoms with Gasteiger partial charge in [0, 0.05) is 33.7 Å². The van der Waals surface area contributed by atoms with Crippen LogP contribution in [0.4, 0.5) is 5.69 Å². The second-order valence-electron chi connectivity index (χ2n) is 6.75. The SMILES string of the molecule is CC(OC(=O)c1ccc2nc(-c3cccnc3)[nH]c2c1)C(=O)Nc1cc(Cl)cc(Cl)c1. The van der Waals surface area contributed by atoms with Gasteiger partial charge in [0.15, 0.2) is 6.10 Å². The van der Waals surface area contributed by atoms with Crippen molar-refractivity contribution in [3.63, 3.8) is 0 Å². The number of nitrogens with zero attached hydrogens (tertiary/aromatic N) is 2. The van der Waals surface area contributed by atoms with Crippen LogP contribution in [0.15, 0.2) is 60.9 Å². The standard InChI is InChI=1S/C22H16Cl2N4O3/c1-12(21(29)26-17-9-15(23)8-16(24)10-17)31-22(30)13-4-5-18-19(7-13)28-20(27-18)14-3-2-6-25-11-14/h2-12H,1H3,(H,26,29)(H,27,28). The number of nitrogens with one attached hydrogen (secondary N) is 2. The van der Waals surface area contributed by atoms with Gasteiger partial charge in [0.05, 0.1) is 16.6 Å². The van der Waals surface area contributed by atoms with E-state index in [1.807, 2.05) is 12.1 Å². The number of carbonyl (C=O) groups excluding carboxylic acids is 2. The Kier molecular flexibility index (Phi) is 5.88. The summed E-state index contributed by atoms with van der Waals surface area (Å²) in [6.07, 6.45) is 2.34. The van der Waals surface area contributed by atoms with Gasteiger partial charge >= 0.3 is 5.97 Å². The molecule has 0 fully saturated rings. The lowest BCUT2D eigenvalue weighted by molar-refractivity contribution is -0.123. The number of H-pyrrole nitrogens is 1. The number of pyridine rings is 1. The molecule has 0 saturated heterocycles. The van der Waals surface area contributed by atoms with Crippen LogP contribution in [-0.2, 0) is 9.53 Å². The average molecular weight is 455 g/mol. The summed E-state index contributed by atoms with van der Waals surface area (Å²) in [5, 5.41) is 3.39. The Hall–Kier alpha value is -3.42. The van der Waals surface area contributed by atoms with E-state index in [4.69, 9.17) is 27.9 Å². The monoisotopic (exact) mass is 454 g/mol. The van der Waals surface area contributed by atoms with Crippen molar-refractivity contribution in [1.29, 1.82) is 0 Å². The van der Waals surface area contributed by atoms with E-state index >= 15 is 0 Å². The molecule has 1 atom stereocenters. The average Bonchev–Trinajstić information content (AvgIpc) is 3.17. The molecule has 7 nitrogen and oxygen atoms in total. The number of aromatic nitrogens is 3. The van der Waals surface area contributed by atoms with Gasteiger partial charge in [0.2, 0.25) is 0 Å². The van der Waals surface area contributed by atoms with Crippen molar-refractivity contribution >= 4 is 51.8 Å². The molecule has 2 heterocycles. The minimum Gasteiger partial charge on any atom is -0.449 e. The second kappa shape index (κ2) is 8.75. The minimum atomic E-state index is -1.03. The Morgan fingerprint density at radius 3 is 2.58 bits per heavy atom. The maximum absolute atomic E-state index is 12.6. The molecule has 9 heteroatoms. The highest BCUT2D eigenvalue weighted by atomic mass is 35.5. The van der Waals surface area contributed by atoms with Crippen LogP contribution < -0.4 is 5.32 Å². The number of rotatable bonds is 5. The van der Waals surface area contributed by atoms with Gasteiger partial charge < -0.3 is 15.0 Å². The molecule has 0 saturated carbocycles. The zero-order chi connectivity index (χ0) is 22.0. The van der Waals surface area contributed by atoms with E-state index < -0.39 is 18.0 Å². The predicted molar refractivity (Wildman–Crippen MR) is 119 cm³/mol. The molecule has 2 aromatic carbocycles. The summed E-state index contributed by atoms with van der Waals surface area (Å²) in [5.74, 6) is -0.499. The third kappa shape index (κ3) is 4.84. The van der Waals surface area contributed by atoms with Gasteiger partial charge in [-0.1, -0.05) is 23.2 Å². The molecule has 1 unspecified atom stereocenters. The van der Waals surface area contributed by atoms with Gasteiger partial charge in [-0.05, 0) is 55.5 Å². The molecule has 0 bridgehead atoms. The van der Waals surface area contributed by atoms with E-state index in [2.05, 4.69) is 20.3 Å². The molecule has 0 radical (unpaired) electrons. The number of ether oxygens (including phenoxy) is 1. The highest BCUT2D eigenvalue weighted by molar-refractivity contribution is 6.35. The van der Waals surface area contributed by atoms with Gasteiger partial charge in [0.25, 0.3) is 5.91 Å². The van der Waals surface area contributed by atoms with E-state index in [0.29, 0.717) is 38.2 Å². The van der Waals surface area contributed by atoms with Crippen LogP contribution in [0.1, 0.15) is 17.3 Å². The van der Waals surface area contributed by atoms with Crippen molar-refractivity contribution in [1.82, 2.24) is 15.0 Å². The number of fused-ring (bicyclic) bond motifs is 1. The number of hydrogen-bond donors (Lipinski definition) is 2.